The Morgan fingerprint density at radius 3 is 2.75 bits per heavy atom. The molecule has 8 heteroatoms. The second-order valence-electron chi connectivity index (χ2n) is 7.90. The number of ether oxygens (including phenoxy) is 1. The first-order chi connectivity index (χ1) is 15.5. The molecule has 1 N–H and O–H groups in total. The Morgan fingerprint density at radius 1 is 1.12 bits per heavy atom. The number of fused-ring (bicyclic) bond motifs is 1. The lowest BCUT2D eigenvalue weighted by Crippen LogP contribution is -2.36. The van der Waals surface area contributed by atoms with Gasteiger partial charge in [-0.05, 0) is 61.7 Å². The minimum atomic E-state index is -0.572. The van der Waals surface area contributed by atoms with E-state index in [1.165, 1.54) is 10.5 Å². The first kappa shape index (κ1) is 22.0. The monoisotopic (exact) mass is 451 g/mol. The summed E-state index contributed by atoms with van der Waals surface area (Å²) in [5.41, 5.74) is 3.74. The van der Waals surface area contributed by atoms with Gasteiger partial charge in [-0.2, -0.15) is 0 Å². The molecule has 1 aliphatic heterocycles. The number of thiazole rings is 1. The third kappa shape index (κ3) is 5.50. The fourth-order valence-corrected chi connectivity index (χ4v) is 4.67. The number of aryl methyl sites for hydroxylation is 1. The fraction of sp³-hybridized carbons (Fsp3) is 0.333. The van der Waals surface area contributed by atoms with Gasteiger partial charge in [-0.1, -0.05) is 12.5 Å². The van der Waals surface area contributed by atoms with E-state index in [-0.39, 0.29) is 19.1 Å². The largest absolute Gasteiger partial charge is 0.454 e. The number of rotatable bonds is 6. The Kier molecular flexibility index (Phi) is 6.80. The summed E-state index contributed by atoms with van der Waals surface area (Å²) >= 11 is 1.63. The summed E-state index contributed by atoms with van der Waals surface area (Å²) in [6, 6.07) is 13.6. The van der Waals surface area contributed by atoms with Gasteiger partial charge in [-0.15, -0.1) is 11.3 Å². The molecule has 1 aliphatic rings. The van der Waals surface area contributed by atoms with Crippen molar-refractivity contribution in [2.24, 2.45) is 0 Å². The number of esters is 1. The van der Waals surface area contributed by atoms with Gasteiger partial charge in [0.1, 0.15) is 11.6 Å². The predicted octanol–water partition coefficient (Wildman–Crippen LogP) is 4.16. The van der Waals surface area contributed by atoms with E-state index < -0.39 is 11.9 Å². The van der Waals surface area contributed by atoms with Crippen LogP contribution in [-0.4, -0.2) is 47.4 Å². The zero-order chi connectivity index (χ0) is 22.5. The van der Waals surface area contributed by atoms with Gasteiger partial charge in [0, 0.05) is 24.2 Å². The SMILES string of the molecule is Cc1ccc2nc(-c3ccc(NC(=O)COC(=O)CN4CCCCCC4=O)cc3)sc2c1. The van der Waals surface area contributed by atoms with Gasteiger partial charge in [0.25, 0.3) is 5.91 Å². The molecule has 0 aliphatic carbocycles. The molecule has 2 aromatic carbocycles. The third-order valence-corrected chi connectivity index (χ3v) is 6.38. The van der Waals surface area contributed by atoms with E-state index in [0.717, 1.165) is 40.1 Å². The number of anilines is 1. The number of nitrogens with zero attached hydrogens (tertiary/aromatic N) is 2. The van der Waals surface area contributed by atoms with Gasteiger partial charge in [0.05, 0.1) is 10.2 Å². The number of aromatic nitrogens is 1. The topological polar surface area (TPSA) is 88.6 Å². The molecule has 0 bridgehead atoms. The number of carbonyl (C=O) groups excluding carboxylic acids is 3. The number of hydrogen-bond acceptors (Lipinski definition) is 6. The van der Waals surface area contributed by atoms with Crippen LogP contribution in [0, 0.1) is 6.92 Å². The maximum atomic E-state index is 12.2. The molecule has 2 heterocycles. The molecule has 7 nitrogen and oxygen atoms in total. The first-order valence-electron chi connectivity index (χ1n) is 10.7. The van der Waals surface area contributed by atoms with Crippen LogP contribution >= 0.6 is 11.3 Å². The highest BCUT2D eigenvalue weighted by molar-refractivity contribution is 7.21. The molecule has 1 fully saturated rings. The number of nitrogens with one attached hydrogen (secondary N) is 1. The molecular weight excluding hydrogens is 426 g/mol. The van der Waals surface area contributed by atoms with Crippen molar-refractivity contribution in [1.82, 2.24) is 9.88 Å². The summed E-state index contributed by atoms with van der Waals surface area (Å²) in [5, 5.41) is 3.64. The summed E-state index contributed by atoms with van der Waals surface area (Å²) < 4.78 is 6.19. The van der Waals surface area contributed by atoms with Crippen molar-refractivity contribution in [1.29, 1.82) is 0 Å². The molecule has 4 rings (SSSR count). The van der Waals surface area contributed by atoms with Crippen LogP contribution in [0.2, 0.25) is 0 Å². The Balaban J connectivity index is 1.28. The summed E-state index contributed by atoms with van der Waals surface area (Å²) in [6.45, 7) is 2.12. The second kappa shape index (κ2) is 9.91. The fourth-order valence-electron chi connectivity index (χ4n) is 3.60. The summed E-state index contributed by atoms with van der Waals surface area (Å²) in [4.78, 5) is 42.3. The lowest BCUT2D eigenvalue weighted by molar-refractivity contribution is -0.151. The van der Waals surface area contributed by atoms with E-state index in [0.29, 0.717) is 18.7 Å². The highest BCUT2D eigenvalue weighted by Gasteiger charge is 2.20. The highest BCUT2D eigenvalue weighted by atomic mass is 32.1. The number of hydrogen-bond donors (Lipinski definition) is 1. The molecule has 0 atom stereocenters. The average Bonchev–Trinajstić information content (AvgIpc) is 3.09. The molecule has 166 valence electrons. The van der Waals surface area contributed by atoms with Crippen molar-refractivity contribution in [3.8, 4) is 10.6 Å². The van der Waals surface area contributed by atoms with E-state index in [1.54, 1.807) is 23.5 Å². The predicted molar refractivity (Wildman–Crippen MR) is 124 cm³/mol. The molecular formula is C24H25N3O4S. The van der Waals surface area contributed by atoms with E-state index in [1.807, 2.05) is 24.3 Å². The highest BCUT2D eigenvalue weighted by Crippen LogP contribution is 2.31. The van der Waals surface area contributed by atoms with Crippen LogP contribution < -0.4 is 5.32 Å². The molecule has 0 saturated carbocycles. The number of carbonyl (C=O) groups is 3. The zero-order valence-corrected chi connectivity index (χ0v) is 18.7. The number of likely N-dealkylation sites (tertiary alicyclic amines) is 1. The van der Waals surface area contributed by atoms with Crippen LogP contribution in [0.1, 0.15) is 31.2 Å². The third-order valence-electron chi connectivity index (χ3n) is 5.32. The molecule has 0 unspecified atom stereocenters. The van der Waals surface area contributed by atoms with Gasteiger partial charge in [-0.3, -0.25) is 14.4 Å². The average molecular weight is 452 g/mol. The van der Waals surface area contributed by atoms with Crippen LogP contribution in [-0.2, 0) is 19.1 Å². The van der Waals surface area contributed by atoms with Crippen LogP contribution in [0.25, 0.3) is 20.8 Å². The molecule has 2 amide bonds. The number of benzene rings is 2. The van der Waals surface area contributed by atoms with Crippen LogP contribution in [0.5, 0.6) is 0 Å². The van der Waals surface area contributed by atoms with E-state index in [4.69, 9.17) is 4.74 Å². The van der Waals surface area contributed by atoms with Gasteiger partial charge >= 0.3 is 5.97 Å². The minimum absolute atomic E-state index is 0.0350. The smallest absolute Gasteiger partial charge is 0.326 e. The van der Waals surface area contributed by atoms with E-state index in [9.17, 15) is 14.4 Å². The molecule has 3 aromatic rings. The molecule has 32 heavy (non-hydrogen) atoms. The van der Waals surface area contributed by atoms with Gasteiger partial charge in [0.15, 0.2) is 6.61 Å². The van der Waals surface area contributed by atoms with Crippen molar-refractivity contribution >= 4 is 45.0 Å². The zero-order valence-electron chi connectivity index (χ0n) is 17.9. The molecule has 0 spiro atoms. The van der Waals surface area contributed by atoms with Crippen molar-refractivity contribution in [3.63, 3.8) is 0 Å². The van der Waals surface area contributed by atoms with Crippen molar-refractivity contribution in [2.45, 2.75) is 32.6 Å². The maximum absolute atomic E-state index is 12.2. The maximum Gasteiger partial charge on any atom is 0.326 e. The minimum Gasteiger partial charge on any atom is -0.454 e. The lowest BCUT2D eigenvalue weighted by Gasteiger charge is -2.19. The summed E-state index contributed by atoms with van der Waals surface area (Å²) in [7, 11) is 0. The first-order valence-corrected chi connectivity index (χ1v) is 11.5. The summed E-state index contributed by atoms with van der Waals surface area (Å²) in [6.07, 6.45) is 3.17. The van der Waals surface area contributed by atoms with Crippen LogP contribution in [0.4, 0.5) is 5.69 Å². The van der Waals surface area contributed by atoms with Crippen LogP contribution in [0.15, 0.2) is 42.5 Å². The Labute approximate surface area is 190 Å². The second-order valence-corrected chi connectivity index (χ2v) is 8.93. The lowest BCUT2D eigenvalue weighted by atomic mass is 10.2. The summed E-state index contributed by atoms with van der Waals surface area (Å²) in [5.74, 6) is -1.03. The molecule has 1 saturated heterocycles. The van der Waals surface area contributed by atoms with Crippen molar-refractivity contribution in [3.05, 3.63) is 48.0 Å². The van der Waals surface area contributed by atoms with Crippen molar-refractivity contribution in [2.75, 3.05) is 25.0 Å². The molecule has 1 aromatic heterocycles. The Bertz CT molecular complexity index is 1140. The normalized spacial score (nSPS) is 14.3. The standard InChI is InChI=1S/C24H25N3O4S/c1-16-6-11-19-20(13-16)32-24(26-19)17-7-9-18(10-8-17)25-21(28)15-31-23(30)14-27-12-4-2-3-5-22(27)29/h6-11,13H,2-5,12,14-15H2,1H3,(H,25,28). The number of amides is 2. The van der Waals surface area contributed by atoms with Gasteiger partial charge in [0.2, 0.25) is 5.91 Å². The molecule has 0 radical (unpaired) electrons. The quantitative estimate of drug-likeness (QED) is 0.569. The Hall–Kier alpha value is -3.26. The van der Waals surface area contributed by atoms with Gasteiger partial charge in [-0.25, -0.2) is 4.98 Å². The van der Waals surface area contributed by atoms with Crippen molar-refractivity contribution < 1.29 is 19.1 Å². The van der Waals surface area contributed by atoms with Crippen LogP contribution in [0.3, 0.4) is 0 Å². The van der Waals surface area contributed by atoms with E-state index in [2.05, 4.69) is 23.3 Å². The van der Waals surface area contributed by atoms with Gasteiger partial charge < -0.3 is 15.0 Å². The Morgan fingerprint density at radius 2 is 1.94 bits per heavy atom. The van der Waals surface area contributed by atoms with E-state index >= 15 is 0 Å².